The van der Waals surface area contributed by atoms with E-state index in [1.54, 1.807) is 0 Å². The number of rotatable bonds is 48. The Morgan fingerprint density at radius 1 is 0.425 bits per heavy atom. The van der Waals surface area contributed by atoms with Crippen LogP contribution < -0.4 is 5.32 Å². The molecule has 0 bridgehead atoms. The van der Waals surface area contributed by atoms with Gasteiger partial charge in [-0.15, -0.1) is 0 Å². The van der Waals surface area contributed by atoms with Crippen molar-refractivity contribution in [1.29, 1.82) is 0 Å². The highest BCUT2D eigenvalue weighted by atomic mass is 16.8. The number of hydrogen-bond acceptors (Lipinski definition) is 18. The number of aliphatic hydroxyl groups excluding tert-OH is 11. The number of unbranched alkanes of at least 4 members (excludes halogenated alkanes) is 16. The highest BCUT2D eigenvalue weighted by Crippen LogP contribution is 2.33. The lowest BCUT2D eigenvalue weighted by Crippen LogP contribution is -2.66. The predicted octanol–water partition coefficient (Wildman–Crippen LogP) is 7.71. The van der Waals surface area contributed by atoms with E-state index in [0.29, 0.717) is 19.3 Å². The zero-order valence-electron chi connectivity index (χ0n) is 52.5. The van der Waals surface area contributed by atoms with Gasteiger partial charge in [0.25, 0.3) is 0 Å². The maximum absolute atomic E-state index is 13.2. The summed E-state index contributed by atoms with van der Waals surface area (Å²) in [4.78, 5) is 13.2. The Morgan fingerprint density at radius 2 is 0.793 bits per heavy atom. The Bertz CT molecular complexity index is 1960. The summed E-state index contributed by atoms with van der Waals surface area (Å²) in [5.74, 6) is -0.260. The topological polar surface area (TPSA) is 307 Å². The molecule has 0 radical (unpaired) electrons. The number of carbonyl (C=O) groups is 1. The van der Waals surface area contributed by atoms with Crippen molar-refractivity contribution in [1.82, 2.24) is 5.32 Å². The van der Waals surface area contributed by atoms with Crippen LogP contribution in [-0.4, -0.2) is 193 Å². The Morgan fingerprint density at radius 3 is 1.22 bits per heavy atom. The summed E-state index contributed by atoms with van der Waals surface area (Å²) in [5.41, 5.74) is 0. The van der Waals surface area contributed by atoms with Crippen LogP contribution in [-0.2, 0) is 33.2 Å². The molecule has 0 aliphatic carbocycles. The molecule has 0 aromatic carbocycles. The van der Waals surface area contributed by atoms with Crippen LogP contribution in [0.1, 0.15) is 194 Å². The molecule has 0 aromatic rings. The van der Waals surface area contributed by atoms with E-state index in [4.69, 9.17) is 28.4 Å². The van der Waals surface area contributed by atoms with E-state index in [1.165, 1.54) is 64.2 Å². The first-order chi connectivity index (χ1) is 42.3. The Labute approximate surface area is 520 Å². The molecule has 3 saturated heterocycles. The SMILES string of the molecule is CC/C=C\C/C=C\C/C=C\C/C=C\C/C=C\C/C=C\C/C=C\C/C=C\CCCCCCCCCCCCCCCCC(=O)NC(COC1OC(CO)C(OC2OC(CO)C(OC3OC(CO)C(O)C(O)C3O)C(O)C2O)C(O)C1O)C(O)CCCCC. The molecule has 17 atom stereocenters. The summed E-state index contributed by atoms with van der Waals surface area (Å²) < 4.78 is 34.0. The van der Waals surface area contributed by atoms with Crippen molar-refractivity contribution in [2.24, 2.45) is 0 Å². The first-order valence-electron chi connectivity index (χ1n) is 33.0. The highest BCUT2D eigenvalue weighted by molar-refractivity contribution is 5.76. The van der Waals surface area contributed by atoms with Crippen molar-refractivity contribution < 1.29 is 89.4 Å². The van der Waals surface area contributed by atoms with Crippen LogP contribution in [0.4, 0.5) is 0 Å². The second-order valence-electron chi connectivity index (χ2n) is 23.2. The van der Waals surface area contributed by atoms with Gasteiger partial charge in [0.1, 0.15) is 73.2 Å². The van der Waals surface area contributed by atoms with Crippen LogP contribution in [0.15, 0.2) is 97.2 Å². The summed E-state index contributed by atoms with van der Waals surface area (Å²) in [6.07, 6.45) is 37.9. The molecule has 3 aliphatic rings. The van der Waals surface area contributed by atoms with E-state index in [-0.39, 0.29) is 18.9 Å². The molecule has 1 amide bonds. The summed E-state index contributed by atoms with van der Waals surface area (Å²) in [6, 6.07) is -0.887. The Hall–Kier alpha value is -3.29. The number of amides is 1. The molecule has 0 spiro atoms. The molecule has 12 N–H and O–H groups in total. The molecule has 87 heavy (non-hydrogen) atoms. The molecule has 0 saturated carbocycles. The molecule has 500 valence electrons. The molecule has 3 aliphatic heterocycles. The van der Waals surface area contributed by atoms with E-state index in [0.717, 1.165) is 89.9 Å². The zero-order chi connectivity index (χ0) is 63.3. The standard InChI is InChI=1S/C68H115NO18/c1-3-5-7-8-9-10-11-12-13-14-15-16-17-18-19-20-21-22-23-24-25-26-27-28-29-30-31-32-33-34-35-36-37-38-39-40-41-42-44-46-56(74)69-51(52(73)45-43-6-4-2)50-82-66-62(80)59(77)64(54(48-71)84-66)87-68-63(81)60(78)65(55(49-72)85-68)86-67-61(79)58(76)57(75)53(47-70)83-67/h5,7,9-10,12-13,15-16,18-19,21-22,24-25,27-28,51-55,57-68,70-73,75-81H,3-4,6,8,11,14,17,20,23,26,29-50H2,1-2H3,(H,69,74)/b7-5-,10-9-,13-12-,16-15-,19-18-,22-21-,25-24-,28-27-. The minimum absolute atomic E-state index is 0.258. The van der Waals surface area contributed by atoms with Crippen molar-refractivity contribution in [2.75, 3.05) is 26.4 Å². The predicted molar refractivity (Wildman–Crippen MR) is 337 cm³/mol. The van der Waals surface area contributed by atoms with Crippen LogP contribution in [0.5, 0.6) is 0 Å². The first-order valence-corrected chi connectivity index (χ1v) is 33.0. The molecule has 3 rings (SSSR count). The normalized spacial score (nSPS) is 29.2. The molecule has 3 heterocycles. The maximum Gasteiger partial charge on any atom is 0.220 e. The van der Waals surface area contributed by atoms with E-state index in [2.05, 4.69) is 109 Å². The fraction of sp³-hybridized carbons (Fsp3) is 0.750. The van der Waals surface area contributed by atoms with Crippen molar-refractivity contribution in [3.05, 3.63) is 97.2 Å². The highest BCUT2D eigenvalue weighted by Gasteiger charge is 2.53. The molecule has 3 fully saturated rings. The van der Waals surface area contributed by atoms with Gasteiger partial charge in [-0.3, -0.25) is 4.79 Å². The van der Waals surface area contributed by atoms with E-state index in [9.17, 15) is 61.0 Å². The zero-order valence-corrected chi connectivity index (χ0v) is 52.5. The quantitative estimate of drug-likeness (QED) is 0.0205. The number of allylic oxidation sites excluding steroid dienone is 16. The third-order valence-electron chi connectivity index (χ3n) is 15.9. The number of aliphatic hydroxyl groups is 11. The molecule has 0 aromatic heterocycles. The van der Waals surface area contributed by atoms with Gasteiger partial charge in [0, 0.05) is 6.42 Å². The van der Waals surface area contributed by atoms with Gasteiger partial charge in [0.2, 0.25) is 5.91 Å². The fourth-order valence-electron chi connectivity index (χ4n) is 10.6. The average Bonchev–Trinajstić information content (AvgIpc) is 1.25. The van der Waals surface area contributed by atoms with Gasteiger partial charge < -0.3 is 89.9 Å². The molecular formula is C68H115NO18. The summed E-state index contributed by atoms with van der Waals surface area (Å²) in [6.45, 7) is 1.47. The van der Waals surface area contributed by atoms with Gasteiger partial charge in [-0.25, -0.2) is 0 Å². The molecule has 17 unspecified atom stereocenters. The summed E-state index contributed by atoms with van der Waals surface area (Å²) in [7, 11) is 0. The second-order valence-corrected chi connectivity index (χ2v) is 23.2. The van der Waals surface area contributed by atoms with Crippen LogP contribution in [0.3, 0.4) is 0 Å². The number of nitrogens with one attached hydrogen (secondary N) is 1. The molecular weight excluding hydrogens is 1120 g/mol. The van der Waals surface area contributed by atoms with Gasteiger partial charge in [-0.2, -0.15) is 0 Å². The van der Waals surface area contributed by atoms with Gasteiger partial charge in [-0.05, 0) is 77.0 Å². The second kappa shape index (κ2) is 49.4. The average molecular weight is 1230 g/mol. The summed E-state index contributed by atoms with van der Waals surface area (Å²) in [5, 5.41) is 119. The van der Waals surface area contributed by atoms with Crippen LogP contribution in [0.2, 0.25) is 0 Å². The number of carbonyl (C=O) groups excluding carboxylic acids is 1. The van der Waals surface area contributed by atoms with Gasteiger partial charge in [0.15, 0.2) is 18.9 Å². The van der Waals surface area contributed by atoms with Gasteiger partial charge in [-0.1, -0.05) is 207 Å². The Kier molecular flexibility index (Phi) is 44.3. The van der Waals surface area contributed by atoms with Crippen molar-refractivity contribution >= 4 is 5.91 Å². The lowest BCUT2D eigenvalue weighted by atomic mass is 9.96. The largest absolute Gasteiger partial charge is 0.394 e. The van der Waals surface area contributed by atoms with Crippen LogP contribution in [0, 0.1) is 0 Å². The number of ether oxygens (including phenoxy) is 6. The third kappa shape index (κ3) is 32.0. The van der Waals surface area contributed by atoms with E-state index >= 15 is 0 Å². The Balaban J connectivity index is 1.22. The molecule has 19 heteroatoms. The minimum atomic E-state index is -1.97. The van der Waals surface area contributed by atoms with Crippen molar-refractivity contribution in [3.8, 4) is 0 Å². The summed E-state index contributed by atoms with van der Waals surface area (Å²) >= 11 is 0. The lowest BCUT2D eigenvalue weighted by molar-refractivity contribution is -0.379. The monoisotopic (exact) mass is 1230 g/mol. The smallest absolute Gasteiger partial charge is 0.220 e. The third-order valence-corrected chi connectivity index (χ3v) is 15.9. The van der Waals surface area contributed by atoms with E-state index < -0.39 is 124 Å². The molecule has 19 nitrogen and oxygen atoms in total. The minimum Gasteiger partial charge on any atom is -0.394 e. The number of hydrogen-bond donors (Lipinski definition) is 12. The van der Waals surface area contributed by atoms with E-state index in [1.807, 2.05) is 6.92 Å². The van der Waals surface area contributed by atoms with Crippen LogP contribution >= 0.6 is 0 Å². The fourth-order valence-corrected chi connectivity index (χ4v) is 10.6. The first kappa shape index (κ1) is 78.0. The van der Waals surface area contributed by atoms with Gasteiger partial charge in [0.05, 0.1) is 38.6 Å². The van der Waals surface area contributed by atoms with Crippen LogP contribution in [0.25, 0.3) is 0 Å². The van der Waals surface area contributed by atoms with Crippen molar-refractivity contribution in [3.63, 3.8) is 0 Å². The maximum atomic E-state index is 13.2. The van der Waals surface area contributed by atoms with Crippen molar-refractivity contribution in [2.45, 2.75) is 298 Å². The lowest BCUT2D eigenvalue weighted by Gasteiger charge is -2.48. The van der Waals surface area contributed by atoms with Gasteiger partial charge >= 0.3 is 0 Å².